The van der Waals surface area contributed by atoms with Crippen LogP contribution in [0.3, 0.4) is 0 Å². The number of carbonyl (C=O) groups is 4. The molecule has 0 bridgehead atoms. The Labute approximate surface area is 210 Å². The molecular formula is C26H12N8O4. The molecule has 0 saturated heterocycles. The van der Waals surface area contributed by atoms with Gasteiger partial charge in [0.05, 0.1) is 22.4 Å². The number of fused-ring (bicyclic) bond motifs is 2. The first-order valence-electron chi connectivity index (χ1n) is 11.5. The lowest BCUT2D eigenvalue weighted by atomic mass is 9.85. The van der Waals surface area contributed by atoms with Crippen LogP contribution in [-0.4, -0.2) is 54.5 Å². The van der Waals surface area contributed by atoms with Crippen LogP contribution in [0.15, 0.2) is 60.7 Å². The minimum atomic E-state index is -0.562. The Morgan fingerprint density at radius 3 is 1.24 bits per heavy atom. The van der Waals surface area contributed by atoms with Gasteiger partial charge in [-0.25, -0.2) is 9.80 Å². The first kappa shape index (κ1) is 20.4. The number of rotatable bonds is 2. The number of imide groups is 2. The second kappa shape index (κ2) is 6.91. The molecule has 4 aromatic carbocycles. The van der Waals surface area contributed by atoms with Gasteiger partial charge in [0.15, 0.2) is 0 Å². The Morgan fingerprint density at radius 2 is 0.868 bits per heavy atom. The van der Waals surface area contributed by atoms with E-state index in [-0.39, 0.29) is 22.3 Å². The molecule has 12 heteroatoms. The lowest BCUT2D eigenvalue weighted by molar-refractivity contribution is 0.0873. The third-order valence-electron chi connectivity index (χ3n) is 7.03. The van der Waals surface area contributed by atoms with Gasteiger partial charge in [0, 0.05) is 33.0 Å². The summed E-state index contributed by atoms with van der Waals surface area (Å²) in [6, 6.07) is 15.9. The number of aromatic amines is 2. The Hall–Kier alpha value is -5.78. The summed E-state index contributed by atoms with van der Waals surface area (Å²) >= 11 is 0. The van der Waals surface area contributed by atoms with Crippen LogP contribution in [0, 0.1) is 0 Å². The number of hydrogen-bond acceptors (Lipinski definition) is 8. The van der Waals surface area contributed by atoms with Crippen LogP contribution in [-0.2, 0) is 0 Å². The highest BCUT2D eigenvalue weighted by atomic mass is 16.2. The van der Waals surface area contributed by atoms with Crippen molar-refractivity contribution in [3.05, 3.63) is 82.9 Å². The van der Waals surface area contributed by atoms with E-state index in [1.165, 1.54) is 24.3 Å². The molecule has 180 valence electrons. The molecule has 12 nitrogen and oxygen atoms in total. The number of H-pyrrole nitrogens is 2. The summed E-state index contributed by atoms with van der Waals surface area (Å²) < 4.78 is 0. The van der Waals surface area contributed by atoms with E-state index in [9.17, 15) is 19.2 Å². The average Bonchev–Trinajstić information content (AvgIpc) is 3.59. The fourth-order valence-electron chi connectivity index (χ4n) is 5.28. The SMILES string of the molecule is O=C1c2ccc3c4c(ccc(c24)C(=O)N1c1ccc2[nH]nnc2c1)C(=O)N(c1ccc2[nH]nnc2c1)C3=O. The molecule has 2 aromatic heterocycles. The van der Waals surface area contributed by atoms with Gasteiger partial charge in [0.25, 0.3) is 23.6 Å². The third kappa shape index (κ3) is 2.47. The zero-order chi connectivity index (χ0) is 25.7. The van der Waals surface area contributed by atoms with Crippen LogP contribution in [0.5, 0.6) is 0 Å². The topological polar surface area (TPSA) is 158 Å². The third-order valence-corrected chi connectivity index (χ3v) is 7.03. The molecule has 2 N–H and O–H groups in total. The Balaban J connectivity index is 1.30. The molecule has 4 amide bonds. The standard InChI is InChI=1S/C26H12N8O4/c35-23-13-3-5-15-22-16(26(38)34(25(15)37)12-2-8-18-20(10-12)30-32-28-18)6-4-14(21(13)22)24(36)33(23)11-1-7-17-19(9-11)29-31-27-17/h1-10H,(H,27,29,31)(H,28,30,32). The quantitative estimate of drug-likeness (QED) is 0.344. The minimum Gasteiger partial charge on any atom is -0.268 e. The molecule has 0 fully saturated rings. The van der Waals surface area contributed by atoms with E-state index in [0.717, 1.165) is 9.80 Å². The van der Waals surface area contributed by atoms with Gasteiger partial charge in [-0.2, -0.15) is 0 Å². The monoisotopic (exact) mass is 500 g/mol. The van der Waals surface area contributed by atoms with E-state index >= 15 is 0 Å². The minimum absolute atomic E-state index is 0.221. The predicted molar refractivity (Wildman–Crippen MR) is 134 cm³/mol. The summed E-state index contributed by atoms with van der Waals surface area (Å²) in [5, 5.41) is 21.5. The Morgan fingerprint density at radius 1 is 0.500 bits per heavy atom. The van der Waals surface area contributed by atoms with Crippen LogP contribution >= 0.6 is 0 Å². The van der Waals surface area contributed by atoms with Crippen molar-refractivity contribution in [3.63, 3.8) is 0 Å². The molecule has 38 heavy (non-hydrogen) atoms. The van der Waals surface area contributed by atoms with E-state index in [2.05, 4.69) is 30.8 Å². The molecule has 0 saturated carbocycles. The molecule has 0 aliphatic carbocycles. The van der Waals surface area contributed by atoms with Gasteiger partial charge in [0.2, 0.25) is 0 Å². The summed E-state index contributed by atoms with van der Waals surface area (Å²) in [4.78, 5) is 56.7. The number of benzene rings is 4. The highest BCUT2D eigenvalue weighted by Gasteiger charge is 2.40. The molecule has 0 radical (unpaired) electrons. The molecular weight excluding hydrogens is 488 g/mol. The van der Waals surface area contributed by atoms with Crippen LogP contribution < -0.4 is 9.80 Å². The molecule has 2 aliphatic rings. The fourth-order valence-corrected chi connectivity index (χ4v) is 5.28. The number of nitrogens with zero attached hydrogens (tertiary/aromatic N) is 6. The van der Waals surface area contributed by atoms with E-state index in [1.54, 1.807) is 36.4 Å². The second-order valence-corrected chi connectivity index (χ2v) is 8.99. The Kier molecular flexibility index (Phi) is 3.71. The first-order chi connectivity index (χ1) is 18.5. The molecule has 0 spiro atoms. The van der Waals surface area contributed by atoms with E-state index in [1.807, 2.05) is 0 Å². The number of aromatic nitrogens is 6. The zero-order valence-corrected chi connectivity index (χ0v) is 19.1. The van der Waals surface area contributed by atoms with Crippen molar-refractivity contribution < 1.29 is 19.2 Å². The van der Waals surface area contributed by atoms with Crippen molar-refractivity contribution in [2.75, 3.05) is 9.80 Å². The van der Waals surface area contributed by atoms with Gasteiger partial charge < -0.3 is 0 Å². The maximum atomic E-state index is 13.6. The van der Waals surface area contributed by atoms with Crippen LogP contribution in [0.2, 0.25) is 0 Å². The number of hydrogen-bond donors (Lipinski definition) is 2. The molecule has 6 aromatic rings. The fraction of sp³-hybridized carbons (Fsp3) is 0. The van der Waals surface area contributed by atoms with Gasteiger partial charge in [-0.1, -0.05) is 10.4 Å². The highest BCUT2D eigenvalue weighted by molar-refractivity contribution is 6.42. The number of carbonyl (C=O) groups excluding carboxylic acids is 4. The van der Waals surface area contributed by atoms with Crippen molar-refractivity contribution in [1.29, 1.82) is 0 Å². The molecule has 4 heterocycles. The molecule has 8 rings (SSSR count). The van der Waals surface area contributed by atoms with E-state index < -0.39 is 23.6 Å². The van der Waals surface area contributed by atoms with Crippen molar-refractivity contribution in [2.24, 2.45) is 0 Å². The summed E-state index contributed by atoms with van der Waals surface area (Å²) in [5.74, 6) is -2.25. The van der Waals surface area contributed by atoms with Gasteiger partial charge in [-0.3, -0.25) is 29.4 Å². The van der Waals surface area contributed by atoms with Crippen molar-refractivity contribution in [2.45, 2.75) is 0 Å². The lowest BCUT2D eigenvalue weighted by Gasteiger charge is -2.31. The highest BCUT2D eigenvalue weighted by Crippen LogP contribution is 2.40. The van der Waals surface area contributed by atoms with Crippen LogP contribution in [0.25, 0.3) is 32.8 Å². The van der Waals surface area contributed by atoms with Crippen molar-refractivity contribution >= 4 is 67.8 Å². The maximum Gasteiger partial charge on any atom is 0.265 e. The summed E-state index contributed by atoms with van der Waals surface area (Å²) in [6.07, 6.45) is 0. The van der Waals surface area contributed by atoms with Crippen LogP contribution in [0.1, 0.15) is 41.4 Å². The number of amides is 4. The predicted octanol–water partition coefficient (Wildman–Crippen LogP) is 2.98. The van der Waals surface area contributed by atoms with Crippen LogP contribution in [0.4, 0.5) is 11.4 Å². The second-order valence-electron chi connectivity index (χ2n) is 8.99. The van der Waals surface area contributed by atoms with Gasteiger partial charge in [-0.15, -0.1) is 10.2 Å². The smallest absolute Gasteiger partial charge is 0.265 e. The lowest BCUT2D eigenvalue weighted by Crippen LogP contribution is -2.43. The summed E-state index contributed by atoms with van der Waals surface area (Å²) in [6.45, 7) is 0. The molecule has 0 unspecified atom stereocenters. The van der Waals surface area contributed by atoms with Gasteiger partial charge in [0.1, 0.15) is 11.0 Å². The Bertz CT molecular complexity index is 1870. The normalized spacial score (nSPS) is 14.9. The first-order valence-corrected chi connectivity index (χ1v) is 11.5. The number of nitrogens with one attached hydrogen (secondary N) is 2. The summed E-state index contributed by atoms with van der Waals surface area (Å²) in [7, 11) is 0. The average molecular weight is 500 g/mol. The zero-order valence-electron chi connectivity index (χ0n) is 19.1. The van der Waals surface area contributed by atoms with Crippen molar-refractivity contribution in [1.82, 2.24) is 30.8 Å². The largest absolute Gasteiger partial charge is 0.268 e. The van der Waals surface area contributed by atoms with Gasteiger partial charge in [-0.05, 0) is 60.7 Å². The van der Waals surface area contributed by atoms with Gasteiger partial charge >= 0.3 is 0 Å². The number of anilines is 2. The summed E-state index contributed by atoms with van der Waals surface area (Å²) in [5.41, 5.74) is 3.87. The molecule has 2 aliphatic heterocycles. The van der Waals surface area contributed by atoms with Crippen molar-refractivity contribution in [3.8, 4) is 0 Å². The van der Waals surface area contributed by atoms with E-state index in [0.29, 0.717) is 44.2 Å². The maximum absolute atomic E-state index is 13.6. The van der Waals surface area contributed by atoms with E-state index in [4.69, 9.17) is 0 Å². The molecule has 0 atom stereocenters.